The Morgan fingerprint density at radius 3 is 2.48 bits per heavy atom. The van der Waals surface area contributed by atoms with Crippen LogP contribution in [0.3, 0.4) is 0 Å². The normalized spacial score (nSPS) is 20.8. The second-order valence-electron chi connectivity index (χ2n) is 6.68. The van der Waals surface area contributed by atoms with Crippen molar-refractivity contribution in [1.29, 1.82) is 0 Å². The van der Waals surface area contributed by atoms with Gasteiger partial charge in [0.25, 0.3) is 0 Å². The maximum absolute atomic E-state index is 14.1. The van der Waals surface area contributed by atoms with Crippen molar-refractivity contribution < 1.29 is 32.2 Å². The number of rotatable bonds is 2. The van der Waals surface area contributed by atoms with E-state index in [1.807, 2.05) is 0 Å². The van der Waals surface area contributed by atoms with Gasteiger partial charge < -0.3 is 14.8 Å². The molecule has 2 atom stereocenters. The Bertz CT molecular complexity index is 723. The lowest BCUT2D eigenvalue weighted by atomic mass is 9.93. The molecule has 0 aliphatic carbocycles. The highest BCUT2D eigenvalue weighted by molar-refractivity contribution is 5.68. The number of nitrogens with one attached hydrogen (secondary N) is 1. The Morgan fingerprint density at radius 1 is 1.24 bits per heavy atom. The highest BCUT2D eigenvalue weighted by atomic mass is 19.2. The summed E-state index contributed by atoms with van der Waals surface area (Å²) in [7, 11) is 0. The summed E-state index contributed by atoms with van der Waals surface area (Å²) in [5.74, 6) is -1.91. The maximum Gasteiger partial charge on any atom is 0.407 e. The van der Waals surface area contributed by atoms with E-state index in [2.05, 4.69) is 5.32 Å². The maximum atomic E-state index is 14.1. The van der Waals surface area contributed by atoms with E-state index >= 15 is 0 Å². The molecule has 0 saturated carbocycles. The predicted molar refractivity (Wildman–Crippen MR) is 82.0 cm³/mol. The lowest BCUT2D eigenvalue weighted by Gasteiger charge is -2.33. The minimum Gasteiger partial charge on any atom is -0.444 e. The van der Waals surface area contributed by atoms with Crippen LogP contribution in [0.2, 0.25) is 0 Å². The third-order valence-corrected chi connectivity index (χ3v) is 3.46. The number of hydrogen-bond donors (Lipinski definition) is 1. The molecule has 25 heavy (non-hydrogen) atoms. The van der Waals surface area contributed by atoms with Gasteiger partial charge in [-0.05, 0) is 26.8 Å². The highest BCUT2D eigenvalue weighted by Crippen LogP contribution is 2.32. The van der Waals surface area contributed by atoms with Crippen LogP contribution in [0.25, 0.3) is 0 Å². The Morgan fingerprint density at radius 2 is 1.88 bits per heavy atom. The quantitative estimate of drug-likeness (QED) is 0.652. The second-order valence-corrected chi connectivity index (χ2v) is 6.68. The summed E-state index contributed by atoms with van der Waals surface area (Å²) < 4.78 is 51.2. The predicted octanol–water partition coefficient (Wildman–Crippen LogP) is 3.22. The zero-order valence-corrected chi connectivity index (χ0v) is 14.0. The van der Waals surface area contributed by atoms with Crippen LogP contribution in [-0.2, 0) is 14.3 Å². The van der Waals surface area contributed by atoms with Gasteiger partial charge in [0, 0.05) is 23.6 Å². The number of carbonyl (C=O) groups is 1. The minimum absolute atomic E-state index is 0.0197. The highest BCUT2D eigenvalue weighted by Gasteiger charge is 2.35. The zero-order chi connectivity index (χ0) is 18.8. The first-order valence-corrected chi connectivity index (χ1v) is 7.59. The standard InChI is InChI=1S/C17H18F3NO4/c1-17(2,3)25-16(23)21-14-4-9(7-22)8-24-15(14)10-5-12(19)13(20)6-11(10)18/h5-6,14-15H,4,8H2,1-3H3,(H,21,23)/t14-,15+/m0/s1. The Labute approximate surface area is 142 Å². The molecule has 1 aromatic rings. The molecule has 1 amide bonds. The molecule has 1 aliphatic heterocycles. The van der Waals surface area contributed by atoms with Crippen molar-refractivity contribution in [2.75, 3.05) is 6.61 Å². The van der Waals surface area contributed by atoms with Crippen molar-refractivity contribution in [3.63, 3.8) is 0 Å². The van der Waals surface area contributed by atoms with Crippen molar-refractivity contribution in [3.05, 3.63) is 40.7 Å². The SMILES string of the molecule is CC(C)(C)OC(=O)N[C@H]1CC(=C=O)CO[C@@H]1c1cc(F)c(F)cc1F. The van der Waals surface area contributed by atoms with Crippen LogP contribution in [0.5, 0.6) is 0 Å². The fourth-order valence-corrected chi connectivity index (χ4v) is 2.46. The van der Waals surface area contributed by atoms with Crippen LogP contribution in [0.15, 0.2) is 17.7 Å². The second kappa shape index (κ2) is 7.29. The van der Waals surface area contributed by atoms with E-state index in [1.54, 1.807) is 26.7 Å². The first kappa shape index (κ1) is 19.0. The summed E-state index contributed by atoms with van der Waals surface area (Å²) in [6.07, 6.45) is -1.90. The van der Waals surface area contributed by atoms with Crippen molar-refractivity contribution in [1.82, 2.24) is 5.32 Å². The van der Waals surface area contributed by atoms with Crippen molar-refractivity contribution in [3.8, 4) is 0 Å². The Balaban J connectivity index is 2.29. The molecule has 0 spiro atoms. The molecule has 1 aliphatic rings. The fraction of sp³-hybridized carbons (Fsp3) is 0.471. The lowest BCUT2D eigenvalue weighted by molar-refractivity contribution is 0.00358. The van der Waals surface area contributed by atoms with Gasteiger partial charge in [0.1, 0.15) is 23.5 Å². The molecule has 2 rings (SSSR count). The fourth-order valence-electron chi connectivity index (χ4n) is 2.46. The number of benzene rings is 1. The van der Waals surface area contributed by atoms with E-state index < -0.39 is 41.3 Å². The molecule has 1 N–H and O–H groups in total. The number of halogens is 3. The van der Waals surface area contributed by atoms with Crippen LogP contribution in [0.1, 0.15) is 38.9 Å². The molecule has 0 bridgehead atoms. The van der Waals surface area contributed by atoms with Crippen LogP contribution in [0, 0.1) is 17.5 Å². The van der Waals surface area contributed by atoms with Crippen LogP contribution in [-0.4, -0.2) is 30.3 Å². The van der Waals surface area contributed by atoms with Crippen molar-refractivity contribution in [2.24, 2.45) is 0 Å². The third kappa shape index (κ3) is 4.84. The monoisotopic (exact) mass is 357 g/mol. The van der Waals surface area contributed by atoms with E-state index in [-0.39, 0.29) is 24.2 Å². The molecular weight excluding hydrogens is 339 g/mol. The smallest absolute Gasteiger partial charge is 0.407 e. The summed E-state index contributed by atoms with van der Waals surface area (Å²) >= 11 is 0. The van der Waals surface area contributed by atoms with E-state index in [9.17, 15) is 22.8 Å². The molecule has 1 fully saturated rings. The summed E-state index contributed by atoms with van der Waals surface area (Å²) in [6.45, 7) is 4.83. The molecular formula is C17H18F3NO4. The molecule has 1 aromatic carbocycles. The number of alkyl carbamates (subject to hydrolysis) is 1. The third-order valence-electron chi connectivity index (χ3n) is 3.46. The van der Waals surface area contributed by atoms with Gasteiger partial charge >= 0.3 is 6.09 Å². The Hall–Kier alpha value is -2.31. The number of amides is 1. The molecule has 0 aromatic heterocycles. The van der Waals surface area contributed by atoms with E-state index in [1.165, 1.54) is 0 Å². The molecule has 1 heterocycles. The van der Waals surface area contributed by atoms with E-state index in [0.717, 1.165) is 0 Å². The number of ether oxygens (including phenoxy) is 2. The van der Waals surface area contributed by atoms with Gasteiger partial charge in [0.15, 0.2) is 11.6 Å². The average molecular weight is 357 g/mol. The van der Waals surface area contributed by atoms with Crippen LogP contribution >= 0.6 is 0 Å². The van der Waals surface area contributed by atoms with Gasteiger partial charge in [0.2, 0.25) is 0 Å². The number of hydrogen-bond acceptors (Lipinski definition) is 4. The summed E-state index contributed by atoms with van der Waals surface area (Å²) in [5.41, 5.74) is -0.809. The van der Waals surface area contributed by atoms with Crippen LogP contribution < -0.4 is 5.32 Å². The summed E-state index contributed by atoms with van der Waals surface area (Å²) in [5, 5.41) is 2.48. The Kier molecular flexibility index (Phi) is 5.55. The molecule has 0 radical (unpaired) electrons. The van der Waals surface area contributed by atoms with E-state index in [4.69, 9.17) is 9.47 Å². The molecule has 0 unspecified atom stereocenters. The molecule has 8 heteroatoms. The minimum atomic E-state index is -1.33. The van der Waals surface area contributed by atoms with Gasteiger partial charge in [-0.15, -0.1) is 0 Å². The molecule has 5 nitrogen and oxygen atoms in total. The zero-order valence-electron chi connectivity index (χ0n) is 14.0. The summed E-state index contributed by atoms with van der Waals surface area (Å²) in [4.78, 5) is 22.8. The topological polar surface area (TPSA) is 64.6 Å². The molecule has 136 valence electrons. The van der Waals surface area contributed by atoms with E-state index in [0.29, 0.717) is 12.1 Å². The van der Waals surface area contributed by atoms with Gasteiger partial charge in [0.05, 0.1) is 12.6 Å². The van der Waals surface area contributed by atoms with Gasteiger partial charge in [-0.1, -0.05) is 0 Å². The van der Waals surface area contributed by atoms with Gasteiger partial charge in [-0.2, -0.15) is 0 Å². The van der Waals surface area contributed by atoms with Crippen molar-refractivity contribution >= 4 is 12.0 Å². The summed E-state index contributed by atoms with van der Waals surface area (Å²) in [6, 6.07) is 0.178. The van der Waals surface area contributed by atoms with Crippen molar-refractivity contribution in [2.45, 2.75) is 44.9 Å². The number of carbonyl (C=O) groups excluding carboxylic acids is 2. The average Bonchev–Trinajstić information content (AvgIpc) is 2.49. The largest absolute Gasteiger partial charge is 0.444 e. The van der Waals surface area contributed by atoms with Gasteiger partial charge in [-0.3, -0.25) is 0 Å². The lowest BCUT2D eigenvalue weighted by Crippen LogP contribution is -2.45. The van der Waals surface area contributed by atoms with Gasteiger partial charge in [-0.25, -0.2) is 22.8 Å². The first-order chi connectivity index (χ1) is 11.6. The first-order valence-electron chi connectivity index (χ1n) is 7.59. The molecule has 1 saturated heterocycles. The van der Waals surface area contributed by atoms with Crippen LogP contribution in [0.4, 0.5) is 18.0 Å².